The summed E-state index contributed by atoms with van der Waals surface area (Å²) in [5.74, 6) is -0.103. The molecule has 1 atom stereocenters. The fraction of sp³-hybridized carbons (Fsp3) is 0.545. The third-order valence-electron chi connectivity index (χ3n) is 16.7. The number of rotatable bonds is 37. The van der Waals surface area contributed by atoms with Gasteiger partial charge in [-0.2, -0.15) is 0 Å². The molecule has 0 aromatic heterocycles. The van der Waals surface area contributed by atoms with E-state index in [1.54, 1.807) is 21.6 Å². The second-order valence-electron chi connectivity index (χ2n) is 22.1. The monoisotopic (exact) mass is 1070 g/mol. The van der Waals surface area contributed by atoms with Crippen LogP contribution in [0.1, 0.15) is 178 Å². The summed E-state index contributed by atoms with van der Waals surface area (Å²) in [7, 11) is -7.80. The van der Waals surface area contributed by atoms with Crippen molar-refractivity contribution in [2.24, 2.45) is 0 Å². The summed E-state index contributed by atoms with van der Waals surface area (Å²) in [6.07, 6.45) is 23.2. The van der Waals surface area contributed by atoms with Crippen molar-refractivity contribution < 1.29 is 4.39 Å². The lowest BCUT2D eigenvalue weighted by Gasteiger charge is -2.41. The summed E-state index contributed by atoms with van der Waals surface area (Å²) in [4.78, 5) is 0. The van der Waals surface area contributed by atoms with Crippen LogP contribution in [0.25, 0.3) is 0 Å². The van der Waals surface area contributed by atoms with Gasteiger partial charge in [-0.15, -0.1) is 0 Å². The smallest absolute Gasteiger partial charge is 0.132 e. The summed E-state index contributed by atoms with van der Waals surface area (Å²) >= 11 is 0. The maximum atomic E-state index is 17.1. The molecule has 0 saturated heterocycles. The highest BCUT2D eigenvalue weighted by molar-refractivity contribution is 7.90. The Bertz CT molecular complexity index is 2090. The first kappa shape index (κ1) is 61.2. The van der Waals surface area contributed by atoms with Gasteiger partial charge in [-0.3, -0.25) is 0 Å². The normalized spacial score (nSPS) is 12.7. The van der Waals surface area contributed by atoms with Crippen molar-refractivity contribution in [3.05, 3.63) is 133 Å². The van der Waals surface area contributed by atoms with Crippen LogP contribution in [0.2, 0.25) is 54.4 Å². The van der Waals surface area contributed by atoms with Gasteiger partial charge in [0.15, 0.2) is 0 Å². The van der Waals surface area contributed by atoms with E-state index < -0.39 is 40.4 Å². The molecule has 5 aromatic rings. The molecule has 0 aliphatic heterocycles. The topological polar surface area (TPSA) is 3.24 Å². The second-order valence-corrected chi connectivity index (χ2v) is 40.4. The van der Waals surface area contributed by atoms with E-state index in [9.17, 15) is 0 Å². The van der Waals surface area contributed by atoms with Crippen molar-refractivity contribution in [2.45, 2.75) is 232 Å². The Morgan fingerprint density at radius 1 is 0.315 bits per heavy atom. The van der Waals surface area contributed by atoms with Crippen LogP contribution in [-0.2, 0) is 0 Å². The van der Waals surface area contributed by atoms with Crippen LogP contribution < -0.4 is 41.2 Å². The van der Waals surface area contributed by atoms with Crippen molar-refractivity contribution in [3.63, 3.8) is 0 Å². The molecule has 400 valence electrons. The Hall–Kier alpha value is -2.66. The molecular formula is C66H102FNP2Si3. The standard InChI is InChI=1S/C66H102FNP2Si3/c1-10-19-49-71(50-20-11-2,51-21-12-3)62-43-37-59(38-44-62)69(60-39-45-63(46-40-60)72(52-22-13-4,53-23-14-5)54-24-15-6)68(58-33-29-28-30-34-58)70(66-36-32-31-35-65(66)67)61-41-47-64(48-42-61)73(55-25-16-7,56-26-17-8)57-27-18-9/h28-48H,10-27,49-57H2,1-9H3. The summed E-state index contributed by atoms with van der Waals surface area (Å²) < 4.78 is 19.9. The molecule has 0 saturated carbocycles. The highest BCUT2D eigenvalue weighted by atomic mass is 31.2. The number of para-hydroxylation sites is 1. The molecule has 7 heteroatoms. The molecule has 0 spiro atoms. The van der Waals surface area contributed by atoms with Crippen LogP contribution in [0, 0.1) is 5.82 Å². The van der Waals surface area contributed by atoms with Crippen molar-refractivity contribution in [1.29, 1.82) is 0 Å². The van der Waals surface area contributed by atoms with Gasteiger partial charge in [-0.25, -0.2) is 4.39 Å². The molecule has 73 heavy (non-hydrogen) atoms. The third-order valence-corrected chi connectivity index (χ3v) is 38.6. The molecule has 5 aromatic carbocycles. The molecule has 0 heterocycles. The Morgan fingerprint density at radius 3 is 0.849 bits per heavy atom. The first-order valence-electron chi connectivity index (χ1n) is 30.2. The Kier molecular flexibility index (Phi) is 27.5. The lowest BCUT2D eigenvalue weighted by atomic mass is 10.3. The molecule has 1 unspecified atom stereocenters. The molecule has 0 aliphatic rings. The minimum Gasteiger partial charge on any atom is -0.313 e. The van der Waals surface area contributed by atoms with Crippen LogP contribution in [-0.4, -0.2) is 24.2 Å². The average Bonchev–Trinajstić information content (AvgIpc) is 3.43. The molecule has 0 bridgehead atoms. The molecule has 5 rings (SSSR count). The minimum absolute atomic E-state index is 0.103. The first-order chi connectivity index (χ1) is 35.7. The van der Waals surface area contributed by atoms with E-state index >= 15 is 4.39 Å². The SMILES string of the molecule is CCCC[Si](CCCC)(CCCC)c1ccc(P(c2ccc([Si](CCCC)(CCCC)CCCC)cc2)N(c2ccccc2)P(c2ccc([Si](CCCC)(CCCC)CCCC)cc2)c2ccccc2F)cc1. The Morgan fingerprint density at radius 2 is 0.575 bits per heavy atom. The molecule has 1 nitrogen and oxygen atoms in total. The van der Waals surface area contributed by atoms with Gasteiger partial charge < -0.3 is 4.44 Å². The zero-order valence-electron chi connectivity index (χ0n) is 47.9. The number of unbranched alkanes of at least 4 members (excludes halogenated alkanes) is 9. The molecule has 0 amide bonds. The third kappa shape index (κ3) is 16.7. The molecule has 0 radical (unpaired) electrons. The van der Waals surface area contributed by atoms with Gasteiger partial charge in [0.25, 0.3) is 0 Å². The van der Waals surface area contributed by atoms with Crippen LogP contribution >= 0.6 is 16.1 Å². The summed E-state index contributed by atoms with van der Waals surface area (Å²) in [5.41, 5.74) is 1.17. The van der Waals surface area contributed by atoms with Gasteiger partial charge in [-0.05, 0) is 24.3 Å². The molecule has 0 aliphatic carbocycles. The van der Waals surface area contributed by atoms with E-state index in [2.05, 4.69) is 182 Å². The second kappa shape index (κ2) is 32.8. The van der Waals surface area contributed by atoms with Gasteiger partial charge in [-0.1, -0.05) is 351 Å². The molecular weight excluding hydrogens is 972 g/mol. The van der Waals surface area contributed by atoms with E-state index in [0.29, 0.717) is 0 Å². The van der Waals surface area contributed by atoms with E-state index in [0.717, 1.165) is 5.30 Å². The lowest BCUT2D eigenvalue weighted by molar-refractivity contribution is 0.636. The number of hydrogen-bond donors (Lipinski definition) is 0. The number of benzene rings is 5. The number of anilines is 1. The number of halogens is 1. The fourth-order valence-electron chi connectivity index (χ4n) is 12.2. The summed E-state index contributed by atoms with van der Waals surface area (Å²) in [6.45, 7) is 21.4. The van der Waals surface area contributed by atoms with E-state index in [-0.39, 0.29) is 5.82 Å². The predicted molar refractivity (Wildman–Crippen MR) is 341 cm³/mol. The highest BCUT2D eigenvalue weighted by Crippen LogP contribution is 2.57. The van der Waals surface area contributed by atoms with Crippen LogP contribution in [0.15, 0.2) is 127 Å². The maximum Gasteiger partial charge on any atom is 0.132 e. The number of hydrogen-bond acceptors (Lipinski definition) is 1. The zero-order chi connectivity index (χ0) is 52.4. The quantitative estimate of drug-likeness (QED) is 0.0283. The van der Waals surface area contributed by atoms with Gasteiger partial charge >= 0.3 is 0 Å². The van der Waals surface area contributed by atoms with E-state index in [4.69, 9.17) is 0 Å². The maximum absolute atomic E-state index is 17.1. The van der Waals surface area contributed by atoms with Crippen molar-refractivity contribution in [3.8, 4) is 0 Å². The van der Waals surface area contributed by atoms with Crippen molar-refractivity contribution in [1.82, 2.24) is 0 Å². The van der Waals surface area contributed by atoms with E-state index in [1.165, 1.54) is 192 Å². The zero-order valence-corrected chi connectivity index (χ0v) is 52.7. The van der Waals surface area contributed by atoms with E-state index in [1.807, 2.05) is 6.07 Å². The minimum atomic E-state index is -1.76. The molecule has 0 fully saturated rings. The Balaban J connectivity index is 1.83. The largest absolute Gasteiger partial charge is 0.313 e. The van der Waals surface area contributed by atoms with Crippen molar-refractivity contribution in [2.75, 3.05) is 4.44 Å². The van der Waals surface area contributed by atoms with Gasteiger partial charge in [0.2, 0.25) is 0 Å². The first-order valence-corrected chi connectivity index (χ1v) is 40.7. The lowest BCUT2D eigenvalue weighted by Crippen LogP contribution is -2.48. The van der Waals surface area contributed by atoms with Crippen molar-refractivity contribution >= 4 is 82.8 Å². The summed E-state index contributed by atoms with van der Waals surface area (Å²) in [5, 5.41) is 9.75. The van der Waals surface area contributed by atoms with Gasteiger partial charge in [0.05, 0.1) is 40.4 Å². The predicted octanol–water partition coefficient (Wildman–Crippen LogP) is 18.9. The Labute approximate surface area is 454 Å². The van der Waals surface area contributed by atoms with Gasteiger partial charge in [0.1, 0.15) is 5.82 Å². The van der Waals surface area contributed by atoms with Crippen LogP contribution in [0.4, 0.5) is 10.1 Å². The fourth-order valence-corrected chi connectivity index (χ4v) is 34.8. The summed E-state index contributed by atoms with van der Waals surface area (Å²) in [6, 6.07) is 62.2. The highest BCUT2D eigenvalue weighted by Gasteiger charge is 2.39. The van der Waals surface area contributed by atoms with Crippen LogP contribution in [0.5, 0.6) is 0 Å². The molecule has 0 N–H and O–H groups in total. The average molecular weight is 1070 g/mol. The van der Waals surface area contributed by atoms with Gasteiger partial charge in [0, 0.05) is 26.9 Å². The number of nitrogens with zero attached hydrogens (tertiary/aromatic N) is 1. The van der Waals surface area contributed by atoms with Crippen LogP contribution in [0.3, 0.4) is 0 Å².